The summed E-state index contributed by atoms with van der Waals surface area (Å²) < 4.78 is 16.8. The second-order valence-electron chi connectivity index (χ2n) is 18.8. The molecule has 0 aromatic carbocycles. The molecule has 71 heavy (non-hydrogen) atoms. The quantitative estimate of drug-likeness (QED) is 0.0261. The van der Waals surface area contributed by atoms with Gasteiger partial charge < -0.3 is 14.2 Å². The Bertz CT molecular complexity index is 1500. The van der Waals surface area contributed by atoms with Crippen LogP contribution in [-0.4, -0.2) is 37.2 Å². The van der Waals surface area contributed by atoms with Gasteiger partial charge in [0.25, 0.3) is 0 Å². The van der Waals surface area contributed by atoms with Gasteiger partial charge in [-0.1, -0.05) is 245 Å². The third kappa shape index (κ3) is 56.6. The van der Waals surface area contributed by atoms with Gasteiger partial charge in [0.2, 0.25) is 0 Å². The van der Waals surface area contributed by atoms with Crippen molar-refractivity contribution in [2.24, 2.45) is 0 Å². The zero-order valence-corrected chi connectivity index (χ0v) is 45.9. The van der Waals surface area contributed by atoms with E-state index >= 15 is 0 Å². The molecule has 0 aliphatic rings. The van der Waals surface area contributed by atoms with Crippen molar-refractivity contribution in [3.8, 4) is 0 Å². The number of carbonyl (C=O) groups excluding carboxylic acids is 3. The number of ether oxygens (including phenoxy) is 3. The van der Waals surface area contributed by atoms with Crippen molar-refractivity contribution in [3.05, 3.63) is 122 Å². The van der Waals surface area contributed by atoms with Gasteiger partial charge in [0.05, 0.1) is 0 Å². The summed E-state index contributed by atoms with van der Waals surface area (Å²) in [5, 5.41) is 0. The lowest BCUT2D eigenvalue weighted by atomic mass is 10.0. The van der Waals surface area contributed by atoms with Crippen LogP contribution in [0.3, 0.4) is 0 Å². The summed E-state index contributed by atoms with van der Waals surface area (Å²) in [7, 11) is 0. The molecule has 0 spiro atoms. The monoisotopic (exact) mass is 983 g/mol. The van der Waals surface area contributed by atoms with Gasteiger partial charge in [0.15, 0.2) is 6.10 Å². The summed E-state index contributed by atoms with van der Waals surface area (Å²) in [6, 6.07) is 0. The Labute approximate surface area is 437 Å². The number of esters is 3. The van der Waals surface area contributed by atoms with Gasteiger partial charge >= 0.3 is 17.9 Å². The van der Waals surface area contributed by atoms with Crippen LogP contribution in [0.2, 0.25) is 0 Å². The predicted molar refractivity (Wildman–Crippen MR) is 306 cm³/mol. The highest BCUT2D eigenvalue weighted by atomic mass is 16.6. The topological polar surface area (TPSA) is 78.9 Å². The van der Waals surface area contributed by atoms with Gasteiger partial charge in [0.1, 0.15) is 13.2 Å². The van der Waals surface area contributed by atoms with E-state index in [1.165, 1.54) is 77.0 Å². The van der Waals surface area contributed by atoms with E-state index in [-0.39, 0.29) is 37.5 Å². The van der Waals surface area contributed by atoms with E-state index in [0.29, 0.717) is 19.3 Å². The third-order valence-corrected chi connectivity index (χ3v) is 12.0. The fourth-order valence-electron chi connectivity index (χ4n) is 7.67. The van der Waals surface area contributed by atoms with Crippen molar-refractivity contribution in [1.29, 1.82) is 0 Å². The Kier molecular flexibility index (Phi) is 54.9. The molecule has 0 saturated carbocycles. The lowest BCUT2D eigenvalue weighted by Crippen LogP contribution is -2.30. The Hall–Kier alpha value is -4.19. The van der Waals surface area contributed by atoms with Crippen LogP contribution in [0.5, 0.6) is 0 Å². The first-order valence-corrected chi connectivity index (χ1v) is 29.0. The highest BCUT2D eigenvalue weighted by Crippen LogP contribution is 2.15. The molecule has 0 aliphatic carbocycles. The van der Waals surface area contributed by atoms with Gasteiger partial charge in [-0.15, -0.1) is 0 Å². The van der Waals surface area contributed by atoms with Crippen LogP contribution in [-0.2, 0) is 28.6 Å². The SMILES string of the molecule is CC/C=C\C/C=C\C/C=C\C/C=C\C/C=C\C/C=C\CCCCCCCCC(=O)OCC(COC(=O)CCCCCCCCCCCCCCC)OC(=O)CCCC/C=C\C/C=C\C/C=C\C/C=C\CC. The molecule has 0 aromatic rings. The molecule has 0 aliphatic heterocycles. The number of unbranched alkanes of at least 4 members (excludes halogenated alkanes) is 20. The van der Waals surface area contributed by atoms with Crippen LogP contribution in [0, 0.1) is 0 Å². The molecule has 402 valence electrons. The van der Waals surface area contributed by atoms with Crippen LogP contribution in [0.4, 0.5) is 0 Å². The highest BCUT2D eigenvalue weighted by molar-refractivity contribution is 5.71. The summed E-state index contributed by atoms with van der Waals surface area (Å²) in [5.41, 5.74) is 0. The van der Waals surface area contributed by atoms with E-state index in [4.69, 9.17) is 14.2 Å². The summed E-state index contributed by atoms with van der Waals surface area (Å²) in [4.78, 5) is 38.1. The van der Waals surface area contributed by atoms with Crippen molar-refractivity contribution >= 4 is 17.9 Å². The predicted octanol–water partition coefficient (Wildman–Crippen LogP) is 19.6. The molecule has 0 aromatic heterocycles. The maximum atomic E-state index is 12.8. The van der Waals surface area contributed by atoms with Crippen LogP contribution >= 0.6 is 0 Å². The van der Waals surface area contributed by atoms with Gasteiger partial charge in [0, 0.05) is 19.3 Å². The highest BCUT2D eigenvalue weighted by Gasteiger charge is 2.19. The molecule has 6 heteroatoms. The average molecular weight is 984 g/mol. The molecule has 0 amide bonds. The normalized spacial score (nSPS) is 13.0. The van der Waals surface area contributed by atoms with E-state index in [2.05, 4.69) is 142 Å². The minimum atomic E-state index is -0.808. The van der Waals surface area contributed by atoms with Crippen molar-refractivity contribution in [1.82, 2.24) is 0 Å². The number of rotatable bonds is 51. The number of hydrogen-bond acceptors (Lipinski definition) is 6. The molecule has 0 N–H and O–H groups in total. The molecule has 0 radical (unpaired) electrons. The molecule has 0 bridgehead atoms. The maximum Gasteiger partial charge on any atom is 0.306 e. The molecule has 0 rings (SSSR count). The van der Waals surface area contributed by atoms with E-state index < -0.39 is 6.10 Å². The summed E-state index contributed by atoms with van der Waals surface area (Å²) in [5.74, 6) is -0.958. The minimum Gasteiger partial charge on any atom is -0.462 e. The third-order valence-electron chi connectivity index (χ3n) is 12.0. The standard InChI is InChI=1S/C65H106O6/c1-4-7-10-13-16-19-22-25-27-28-29-30-31-32-33-34-35-36-38-40-43-46-49-52-55-58-64(67)70-61-62(60-69-63(66)57-54-51-48-45-42-39-24-21-18-15-12-9-6-3)71-65(68)59-56-53-50-47-44-41-37-26-23-20-17-14-11-8-5-2/h7-8,10-11,16-17,19-20,25-27,29-30,32-33,35-37,44,47,62H,4-6,9,12-15,18,21-24,28,31,34,38-43,45-46,48-61H2,1-3H3/b10-7-,11-8-,19-16-,20-17-,27-25-,30-29-,33-32-,36-35-,37-26-,47-44-. The fraction of sp³-hybridized carbons (Fsp3) is 0.646. The van der Waals surface area contributed by atoms with Crippen molar-refractivity contribution in [2.75, 3.05) is 13.2 Å². The van der Waals surface area contributed by atoms with Crippen LogP contribution in [0.1, 0.15) is 252 Å². The zero-order valence-electron chi connectivity index (χ0n) is 45.9. The molecule has 0 saturated heterocycles. The second kappa shape index (κ2) is 58.4. The molecular formula is C65H106O6. The van der Waals surface area contributed by atoms with Crippen molar-refractivity contribution < 1.29 is 28.6 Å². The van der Waals surface area contributed by atoms with E-state index in [9.17, 15) is 14.4 Å². The van der Waals surface area contributed by atoms with Crippen LogP contribution < -0.4 is 0 Å². The van der Waals surface area contributed by atoms with E-state index in [0.717, 1.165) is 128 Å². The number of hydrogen-bond donors (Lipinski definition) is 0. The summed E-state index contributed by atoms with van der Waals surface area (Å²) in [6.45, 7) is 6.36. The fourth-order valence-corrected chi connectivity index (χ4v) is 7.67. The van der Waals surface area contributed by atoms with E-state index in [1.807, 2.05) is 0 Å². The first-order valence-electron chi connectivity index (χ1n) is 29.0. The first-order chi connectivity index (χ1) is 35.0. The molecule has 0 heterocycles. The van der Waals surface area contributed by atoms with Gasteiger partial charge in [-0.25, -0.2) is 0 Å². The van der Waals surface area contributed by atoms with Crippen molar-refractivity contribution in [2.45, 2.75) is 258 Å². The molecule has 1 atom stereocenters. The van der Waals surface area contributed by atoms with Gasteiger partial charge in [-0.3, -0.25) is 14.4 Å². The number of carbonyl (C=O) groups is 3. The lowest BCUT2D eigenvalue weighted by molar-refractivity contribution is -0.167. The Balaban J connectivity index is 4.42. The Morgan fingerprint density at radius 2 is 0.549 bits per heavy atom. The molecular weight excluding hydrogens is 877 g/mol. The maximum absolute atomic E-state index is 12.8. The molecule has 6 nitrogen and oxygen atoms in total. The smallest absolute Gasteiger partial charge is 0.306 e. The average Bonchev–Trinajstić information content (AvgIpc) is 3.37. The van der Waals surface area contributed by atoms with Gasteiger partial charge in [-0.2, -0.15) is 0 Å². The largest absolute Gasteiger partial charge is 0.462 e. The first kappa shape index (κ1) is 66.8. The Morgan fingerprint density at radius 1 is 0.296 bits per heavy atom. The summed E-state index contributed by atoms with van der Waals surface area (Å²) >= 11 is 0. The van der Waals surface area contributed by atoms with Crippen LogP contribution in [0.25, 0.3) is 0 Å². The van der Waals surface area contributed by atoms with Crippen molar-refractivity contribution in [3.63, 3.8) is 0 Å². The minimum absolute atomic E-state index is 0.100. The molecule has 1 unspecified atom stereocenters. The second-order valence-corrected chi connectivity index (χ2v) is 18.8. The Morgan fingerprint density at radius 3 is 0.887 bits per heavy atom. The van der Waals surface area contributed by atoms with E-state index in [1.54, 1.807) is 0 Å². The molecule has 0 fully saturated rings. The number of allylic oxidation sites excluding steroid dienone is 20. The van der Waals surface area contributed by atoms with Crippen LogP contribution in [0.15, 0.2) is 122 Å². The van der Waals surface area contributed by atoms with Gasteiger partial charge in [-0.05, 0) is 109 Å². The lowest BCUT2D eigenvalue weighted by Gasteiger charge is -2.18. The zero-order chi connectivity index (χ0) is 51.4. The summed E-state index contributed by atoms with van der Waals surface area (Å²) in [6.07, 6.45) is 80.5.